The summed E-state index contributed by atoms with van der Waals surface area (Å²) in [5, 5.41) is 20.1. The molecule has 0 saturated heterocycles. The molecule has 0 atom stereocenters. The van der Waals surface area contributed by atoms with Crippen molar-refractivity contribution in [2.24, 2.45) is 0 Å². The van der Waals surface area contributed by atoms with Crippen molar-refractivity contribution < 1.29 is 10.2 Å². The Morgan fingerprint density at radius 1 is 0.533 bits per heavy atom. The molecule has 1 aliphatic carbocycles. The normalized spacial score (nSPS) is 19.1. The first-order valence-electron chi connectivity index (χ1n) is 12.1. The van der Waals surface area contributed by atoms with Gasteiger partial charge in [0.1, 0.15) is 11.5 Å². The lowest BCUT2D eigenvalue weighted by Gasteiger charge is -2.38. The maximum absolute atomic E-state index is 10.1. The van der Waals surface area contributed by atoms with Crippen LogP contribution in [0.5, 0.6) is 11.5 Å². The first-order valence-corrected chi connectivity index (χ1v) is 12.1. The Hall–Kier alpha value is -1.96. The van der Waals surface area contributed by atoms with Crippen LogP contribution in [0, 0.1) is 13.8 Å². The van der Waals surface area contributed by atoms with Gasteiger partial charge in [-0.3, -0.25) is 0 Å². The summed E-state index contributed by atoms with van der Waals surface area (Å²) in [6, 6.07) is 11.8. The van der Waals surface area contributed by atoms with Gasteiger partial charge in [-0.05, 0) is 73.2 Å². The third-order valence-corrected chi connectivity index (χ3v) is 7.16. The van der Waals surface area contributed by atoms with Crippen LogP contribution in [-0.2, 0) is 5.41 Å². The Morgan fingerprint density at radius 3 is 1.20 bits per heavy atom. The van der Waals surface area contributed by atoms with Crippen LogP contribution in [0.15, 0.2) is 36.4 Å². The van der Waals surface area contributed by atoms with E-state index < -0.39 is 0 Å². The van der Waals surface area contributed by atoms with Crippen LogP contribution in [0.25, 0.3) is 0 Å². The molecule has 1 aliphatic rings. The van der Waals surface area contributed by atoms with Crippen LogP contribution in [0.2, 0.25) is 0 Å². The van der Waals surface area contributed by atoms with Gasteiger partial charge in [-0.25, -0.2) is 0 Å². The Kier molecular flexibility index (Phi) is 8.24. The molecular weight excluding hydrogens is 368 g/mol. The van der Waals surface area contributed by atoms with Crippen LogP contribution in [0.1, 0.15) is 106 Å². The van der Waals surface area contributed by atoms with E-state index in [4.69, 9.17) is 0 Å². The van der Waals surface area contributed by atoms with Crippen molar-refractivity contribution in [2.75, 3.05) is 0 Å². The van der Waals surface area contributed by atoms with Crippen molar-refractivity contribution in [1.82, 2.24) is 0 Å². The lowest BCUT2D eigenvalue weighted by Crippen LogP contribution is -2.30. The molecule has 2 aromatic rings. The zero-order chi connectivity index (χ0) is 21.4. The molecule has 0 radical (unpaired) electrons. The summed E-state index contributed by atoms with van der Waals surface area (Å²) in [7, 11) is 0. The summed E-state index contributed by atoms with van der Waals surface area (Å²) < 4.78 is 0. The van der Waals surface area contributed by atoms with Gasteiger partial charge in [0.15, 0.2) is 0 Å². The number of phenolic OH excluding ortho intramolecular Hbond substituents is 2. The lowest BCUT2D eigenvalue weighted by molar-refractivity contribution is 0.381. The molecule has 1 fully saturated rings. The van der Waals surface area contributed by atoms with E-state index in [1.54, 1.807) is 0 Å². The second kappa shape index (κ2) is 10.9. The molecule has 0 unspecified atom stereocenters. The van der Waals surface area contributed by atoms with Gasteiger partial charge >= 0.3 is 0 Å². The Balaban J connectivity index is 2.03. The van der Waals surface area contributed by atoms with Crippen molar-refractivity contribution in [1.29, 1.82) is 0 Å². The van der Waals surface area contributed by atoms with Crippen LogP contribution in [0.4, 0.5) is 0 Å². The molecular formula is C28H40O2. The van der Waals surface area contributed by atoms with Crippen molar-refractivity contribution >= 4 is 0 Å². The van der Waals surface area contributed by atoms with Gasteiger partial charge in [-0.1, -0.05) is 82.8 Å². The average Bonchev–Trinajstić information content (AvgIpc) is 2.70. The van der Waals surface area contributed by atoms with Crippen LogP contribution in [0.3, 0.4) is 0 Å². The van der Waals surface area contributed by atoms with Crippen molar-refractivity contribution in [3.8, 4) is 11.5 Å². The average molecular weight is 409 g/mol. The van der Waals surface area contributed by atoms with E-state index in [-0.39, 0.29) is 5.41 Å². The third kappa shape index (κ3) is 5.59. The van der Waals surface area contributed by atoms with Gasteiger partial charge in [0.2, 0.25) is 0 Å². The standard InChI is InChI=1S/C28H40O2/c1-22-20-24(29)14-16-26(22)28(27-17-15-25(30)21-23(27)2)18-12-10-8-6-4-3-5-7-9-11-13-19-28/h14-17,20-21,29-30H,3-13,18-19H2,1-2H3. The Morgan fingerprint density at radius 2 is 0.867 bits per heavy atom. The van der Waals surface area contributed by atoms with Crippen molar-refractivity contribution in [3.05, 3.63) is 58.7 Å². The number of phenols is 2. The van der Waals surface area contributed by atoms with Gasteiger partial charge in [0, 0.05) is 5.41 Å². The molecule has 2 nitrogen and oxygen atoms in total. The monoisotopic (exact) mass is 408 g/mol. The van der Waals surface area contributed by atoms with Gasteiger partial charge in [0.25, 0.3) is 0 Å². The summed E-state index contributed by atoms with van der Waals surface area (Å²) >= 11 is 0. The quantitative estimate of drug-likeness (QED) is 0.527. The predicted octanol–water partition coefficient (Wildman–Crippen LogP) is 8.09. The SMILES string of the molecule is Cc1cc(O)ccc1C1(c2ccc(O)cc2C)CCCCCCCCCCCCC1. The number of hydrogen-bond acceptors (Lipinski definition) is 2. The highest BCUT2D eigenvalue weighted by atomic mass is 16.3. The fourth-order valence-electron chi connectivity index (χ4n) is 5.62. The van der Waals surface area contributed by atoms with E-state index in [0.717, 1.165) is 12.8 Å². The molecule has 0 amide bonds. The first kappa shape index (κ1) is 22.7. The maximum Gasteiger partial charge on any atom is 0.115 e. The number of aromatic hydroxyl groups is 2. The molecule has 2 heteroatoms. The van der Waals surface area contributed by atoms with E-state index in [0.29, 0.717) is 11.5 Å². The minimum absolute atomic E-state index is 0.0559. The van der Waals surface area contributed by atoms with Gasteiger partial charge in [-0.2, -0.15) is 0 Å². The molecule has 2 aromatic carbocycles. The highest BCUT2D eigenvalue weighted by Crippen LogP contribution is 2.46. The van der Waals surface area contributed by atoms with Crippen LogP contribution in [-0.4, -0.2) is 10.2 Å². The largest absolute Gasteiger partial charge is 0.508 e. The smallest absolute Gasteiger partial charge is 0.115 e. The molecule has 2 N–H and O–H groups in total. The molecule has 0 aromatic heterocycles. The molecule has 1 saturated carbocycles. The molecule has 164 valence electrons. The zero-order valence-electron chi connectivity index (χ0n) is 19.1. The van der Waals surface area contributed by atoms with Gasteiger partial charge in [-0.15, -0.1) is 0 Å². The zero-order valence-corrected chi connectivity index (χ0v) is 19.1. The van der Waals surface area contributed by atoms with Crippen LogP contribution >= 0.6 is 0 Å². The molecule has 30 heavy (non-hydrogen) atoms. The number of aryl methyl sites for hydroxylation is 2. The molecule has 0 aliphatic heterocycles. The summed E-state index contributed by atoms with van der Waals surface area (Å²) in [5.41, 5.74) is 4.98. The second-order valence-corrected chi connectivity index (χ2v) is 9.47. The van der Waals surface area contributed by atoms with E-state index in [9.17, 15) is 10.2 Å². The van der Waals surface area contributed by atoms with E-state index >= 15 is 0 Å². The molecule has 0 heterocycles. The topological polar surface area (TPSA) is 40.5 Å². The second-order valence-electron chi connectivity index (χ2n) is 9.47. The Labute approximate surface area is 183 Å². The predicted molar refractivity (Wildman–Crippen MR) is 126 cm³/mol. The summed E-state index contributed by atoms with van der Waals surface area (Å²) in [6.07, 6.45) is 16.9. The van der Waals surface area contributed by atoms with Crippen LogP contribution < -0.4 is 0 Å². The van der Waals surface area contributed by atoms with Gasteiger partial charge < -0.3 is 10.2 Å². The number of benzene rings is 2. The van der Waals surface area contributed by atoms with Crippen molar-refractivity contribution in [2.45, 2.75) is 103 Å². The van der Waals surface area contributed by atoms with Crippen molar-refractivity contribution in [3.63, 3.8) is 0 Å². The fourth-order valence-corrected chi connectivity index (χ4v) is 5.62. The highest BCUT2D eigenvalue weighted by molar-refractivity contribution is 5.49. The lowest BCUT2D eigenvalue weighted by atomic mass is 9.65. The maximum atomic E-state index is 10.1. The highest BCUT2D eigenvalue weighted by Gasteiger charge is 2.36. The summed E-state index contributed by atoms with van der Waals surface area (Å²) in [6.45, 7) is 4.27. The number of rotatable bonds is 2. The fraction of sp³-hybridized carbons (Fsp3) is 0.571. The summed E-state index contributed by atoms with van der Waals surface area (Å²) in [5.74, 6) is 0.685. The molecule has 3 rings (SSSR count). The minimum atomic E-state index is -0.0559. The van der Waals surface area contributed by atoms with E-state index in [2.05, 4.69) is 26.0 Å². The number of hydrogen-bond donors (Lipinski definition) is 2. The minimum Gasteiger partial charge on any atom is -0.508 e. The molecule has 0 bridgehead atoms. The summed E-state index contributed by atoms with van der Waals surface area (Å²) in [4.78, 5) is 0. The van der Waals surface area contributed by atoms with Gasteiger partial charge in [0.05, 0.1) is 0 Å². The van der Waals surface area contributed by atoms with E-state index in [1.165, 1.54) is 92.9 Å². The molecule has 0 spiro atoms. The third-order valence-electron chi connectivity index (χ3n) is 7.16. The Bertz CT molecular complexity index is 741. The van der Waals surface area contributed by atoms with E-state index in [1.807, 2.05) is 24.3 Å². The first-order chi connectivity index (χ1) is 14.5.